The van der Waals surface area contributed by atoms with Crippen molar-refractivity contribution < 1.29 is 0 Å². The van der Waals surface area contributed by atoms with E-state index in [4.69, 9.17) is 11.5 Å². The van der Waals surface area contributed by atoms with E-state index in [1.54, 1.807) is 0 Å². The summed E-state index contributed by atoms with van der Waals surface area (Å²) < 4.78 is 0. The average Bonchev–Trinajstić information content (AvgIpc) is 3.08. The molecular formula is C46H64N2. The van der Waals surface area contributed by atoms with E-state index in [-0.39, 0.29) is 0 Å². The average molecular weight is 645 g/mol. The monoisotopic (exact) mass is 645 g/mol. The van der Waals surface area contributed by atoms with E-state index < -0.39 is 0 Å². The largest absolute Gasteiger partial charge is 0.399 e. The van der Waals surface area contributed by atoms with Crippen molar-refractivity contribution in [2.24, 2.45) is 0 Å². The van der Waals surface area contributed by atoms with E-state index >= 15 is 0 Å². The smallest absolute Gasteiger partial charge is 0.0316 e. The molecule has 2 nitrogen and oxygen atoms in total. The van der Waals surface area contributed by atoms with Gasteiger partial charge in [-0.3, -0.25) is 0 Å². The first-order chi connectivity index (χ1) is 23.4. The third-order valence-corrected chi connectivity index (χ3v) is 10.5. The normalized spacial score (nSPS) is 12.7. The van der Waals surface area contributed by atoms with Crippen molar-refractivity contribution in [2.75, 3.05) is 11.5 Å². The Hall–Kier alpha value is -3.52. The van der Waals surface area contributed by atoms with Gasteiger partial charge in [-0.2, -0.15) is 0 Å². The van der Waals surface area contributed by atoms with Crippen LogP contribution in [0.25, 0.3) is 0 Å². The maximum Gasteiger partial charge on any atom is 0.0316 e. The molecule has 0 radical (unpaired) electrons. The molecule has 0 bridgehead atoms. The Morgan fingerprint density at radius 2 is 0.792 bits per heavy atom. The molecule has 2 unspecified atom stereocenters. The third kappa shape index (κ3) is 11.6. The number of aryl methyl sites for hydroxylation is 4. The fourth-order valence-electron chi connectivity index (χ4n) is 7.55. The summed E-state index contributed by atoms with van der Waals surface area (Å²) in [5.74, 6) is 0.914. The van der Waals surface area contributed by atoms with Crippen LogP contribution >= 0.6 is 0 Å². The summed E-state index contributed by atoms with van der Waals surface area (Å²) in [6.45, 7) is 8.97. The number of rotatable bonds is 21. The Bertz CT molecular complexity index is 1370. The van der Waals surface area contributed by atoms with Gasteiger partial charge in [-0.25, -0.2) is 0 Å². The van der Waals surface area contributed by atoms with Crippen LogP contribution in [-0.4, -0.2) is 0 Å². The lowest BCUT2D eigenvalue weighted by atomic mass is 9.84. The van der Waals surface area contributed by atoms with Gasteiger partial charge in [-0.1, -0.05) is 139 Å². The maximum absolute atomic E-state index is 6.05. The van der Waals surface area contributed by atoms with Gasteiger partial charge in [0.1, 0.15) is 0 Å². The highest BCUT2D eigenvalue weighted by Crippen LogP contribution is 2.34. The Labute approximate surface area is 293 Å². The molecule has 0 fully saturated rings. The van der Waals surface area contributed by atoms with Crippen LogP contribution in [0.3, 0.4) is 0 Å². The second-order valence-corrected chi connectivity index (χ2v) is 14.4. The van der Waals surface area contributed by atoms with Gasteiger partial charge in [0.2, 0.25) is 0 Å². The zero-order valence-corrected chi connectivity index (χ0v) is 30.7. The standard InChI is InChI=1S/C46H64N2/c1-5-7-19-45(43-31-29-41(47)33-35(43)3)39-25-21-37(22-26-39)17-15-13-11-9-10-12-14-16-18-38-23-27-40(28-24-38)46(20-8-6-2)44-32-30-42(48)34-36(44)4/h21-34,45-46H,5-20,47-48H2,1-4H3. The molecule has 4 rings (SSSR count). The zero-order valence-electron chi connectivity index (χ0n) is 30.7. The van der Waals surface area contributed by atoms with Crippen LogP contribution in [-0.2, 0) is 12.8 Å². The summed E-state index contributed by atoms with van der Waals surface area (Å²) in [6.07, 6.45) is 20.5. The fraction of sp³-hybridized carbons (Fsp3) is 0.478. The highest BCUT2D eigenvalue weighted by atomic mass is 14.5. The van der Waals surface area contributed by atoms with Gasteiger partial charge in [0, 0.05) is 23.2 Å². The van der Waals surface area contributed by atoms with Crippen LogP contribution in [0, 0.1) is 13.8 Å². The van der Waals surface area contributed by atoms with Crippen molar-refractivity contribution in [3.8, 4) is 0 Å². The van der Waals surface area contributed by atoms with Crippen LogP contribution in [0.5, 0.6) is 0 Å². The molecule has 2 atom stereocenters. The first kappa shape index (κ1) is 37.3. The summed E-state index contributed by atoms with van der Waals surface area (Å²) in [5, 5.41) is 0. The van der Waals surface area contributed by atoms with Crippen LogP contribution in [0.15, 0.2) is 84.9 Å². The molecule has 2 heteroatoms. The summed E-state index contributed by atoms with van der Waals surface area (Å²) in [7, 11) is 0. The minimum absolute atomic E-state index is 0.457. The van der Waals surface area contributed by atoms with E-state index in [1.165, 1.54) is 147 Å². The molecule has 0 aliphatic carbocycles. The van der Waals surface area contributed by atoms with E-state index in [2.05, 4.69) is 113 Å². The minimum atomic E-state index is 0.457. The molecule has 0 heterocycles. The summed E-state index contributed by atoms with van der Waals surface area (Å²) >= 11 is 0. The lowest BCUT2D eigenvalue weighted by Crippen LogP contribution is -2.04. The molecular weight excluding hydrogens is 581 g/mol. The van der Waals surface area contributed by atoms with Crippen LogP contribution in [0.1, 0.15) is 160 Å². The number of unbranched alkanes of at least 4 members (excludes halogenated alkanes) is 9. The van der Waals surface area contributed by atoms with Crippen molar-refractivity contribution in [2.45, 2.75) is 142 Å². The Morgan fingerprint density at radius 3 is 1.12 bits per heavy atom. The summed E-state index contributed by atoms with van der Waals surface area (Å²) in [4.78, 5) is 0. The second kappa shape index (κ2) is 20.1. The van der Waals surface area contributed by atoms with Gasteiger partial charge in [-0.15, -0.1) is 0 Å². The number of hydrogen-bond donors (Lipinski definition) is 2. The van der Waals surface area contributed by atoms with E-state index in [0.717, 1.165) is 11.4 Å². The molecule has 0 aliphatic rings. The number of anilines is 2. The van der Waals surface area contributed by atoms with Crippen LogP contribution in [0.4, 0.5) is 11.4 Å². The van der Waals surface area contributed by atoms with Crippen molar-refractivity contribution >= 4 is 11.4 Å². The highest BCUT2D eigenvalue weighted by Gasteiger charge is 2.17. The van der Waals surface area contributed by atoms with Gasteiger partial charge in [0.25, 0.3) is 0 Å². The Kier molecular flexibility index (Phi) is 15.6. The minimum Gasteiger partial charge on any atom is -0.399 e. The number of nitrogens with two attached hydrogens (primary N) is 2. The van der Waals surface area contributed by atoms with Gasteiger partial charge in [-0.05, 0) is 121 Å². The SMILES string of the molecule is CCCCC(c1ccc(CCCCCCCCCCc2ccc(C(CCCC)c3ccc(N)cc3C)cc2)cc1)c1ccc(N)cc1C. The predicted octanol–water partition coefficient (Wildman–Crippen LogP) is 13.0. The lowest BCUT2D eigenvalue weighted by molar-refractivity contribution is 0.567. The van der Waals surface area contributed by atoms with Crippen LogP contribution in [0.2, 0.25) is 0 Å². The van der Waals surface area contributed by atoms with Crippen molar-refractivity contribution in [3.63, 3.8) is 0 Å². The molecule has 48 heavy (non-hydrogen) atoms. The second-order valence-electron chi connectivity index (χ2n) is 14.4. The summed E-state index contributed by atoms with van der Waals surface area (Å²) in [5.41, 5.74) is 25.1. The zero-order chi connectivity index (χ0) is 34.1. The topological polar surface area (TPSA) is 52.0 Å². The first-order valence-corrected chi connectivity index (χ1v) is 19.3. The molecule has 4 aromatic carbocycles. The van der Waals surface area contributed by atoms with Crippen molar-refractivity contribution in [3.05, 3.63) is 129 Å². The number of benzene rings is 4. The molecule has 4 N–H and O–H groups in total. The van der Waals surface area contributed by atoms with Gasteiger partial charge in [0.15, 0.2) is 0 Å². The van der Waals surface area contributed by atoms with E-state index in [0.29, 0.717) is 11.8 Å². The van der Waals surface area contributed by atoms with Crippen LogP contribution < -0.4 is 11.5 Å². The molecule has 0 aliphatic heterocycles. The molecule has 0 saturated heterocycles. The first-order valence-electron chi connectivity index (χ1n) is 19.3. The highest BCUT2D eigenvalue weighted by molar-refractivity contribution is 5.49. The Morgan fingerprint density at radius 1 is 0.438 bits per heavy atom. The Balaban J connectivity index is 1.11. The third-order valence-electron chi connectivity index (χ3n) is 10.5. The predicted molar refractivity (Wildman–Crippen MR) is 211 cm³/mol. The summed E-state index contributed by atoms with van der Waals surface area (Å²) in [6, 6.07) is 31.9. The molecule has 0 saturated carbocycles. The van der Waals surface area contributed by atoms with E-state index in [9.17, 15) is 0 Å². The van der Waals surface area contributed by atoms with Crippen molar-refractivity contribution in [1.29, 1.82) is 0 Å². The molecule has 4 aromatic rings. The molecule has 0 spiro atoms. The maximum atomic E-state index is 6.05. The fourth-order valence-corrected chi connectivity index (χ4v) is 7.55. The number of hydrogen-bond acceptors (Lipinski definition) is 2. The molecule has 258 valence electrons. The molecule has 0 amide bonds. The molecule has 0 aromatic heterocycles. The van der Waals surface area contributed by atoms with E-state index in [1.807, 2.05) is 0 Å². The quantitative estimate of drug-likeness (QED) is 0.0700. The van der Waals surface area contributed by atoms with Gasteiger partial charge >= 0.3 is 0 Å². The lowest BCUT2D eigenvalue weighted by Gasteiger charge is -2.21. The van der Waals surface area contributed by atoms with Crippen molar-refractivity contribution in [1.82, 2.24) is 0 Å². The van der Waals surface area contributed by atoms with Gasteiger partial charge < -0.3 is 11.5 Å². The van der Waals surface area contributed by atoms with Gasteiger partial charge in [0.05, 0.1) is 0 Å². The number of nitrogen functional groups attached to an aromatic ring is 2.